The smallest absolute Gasteiger partial charge is 0.180 e. The Morgan fingerprint density at radius 1 is 1.05 bits per heavy atom. The zero-order valence-corrected chi connectivity index (χ0v) is 14.0. The van der Waals surface area contributed by atoms with Crippen molar-refractivity contribution in [1.82, 2.24) is 0 Å². The van der Waals surface area contributed by atoms with Crippen LogP contribution in [0.3, 0.4) is 0 Å². The van der Waals surface area contributed by atoms with Crippen molar-refractivity contribution in [2.75, 3.05) is 6.61 Å². The highest BCUT2D eigenvalue weighted by Gasteiger charge is 2.14. The van der Waals surface area contributed by atoms with Crippen LogP contribution in [0.1, 0.15) is 18.1 Å². The van der Waals surface area contributed by atoms with E-state index < -0.39 is 0 Å². The lowest BCUT2D eigenvalue weighted by Crippen LogP contribution is -2.02. The van der Waals surface area contributed by atoms with Gasteiger partial charge in [0.25, 0.3) is 0 Å². The average molecular weight is 357 g/mol. The highest BCUT2D eigenvalue weighted by molar-refractivity contribution is 6.36. The fraction of sp³-hybridized carbons (Fsp3) is 0.188. The van der Waals surface area contributed by atoms with E-state index in [0.29, 0.717) is 44.3 Å². The molecule has 0 unspecified atom stereocenters. The minimum absolute atomic E-state index is 0.143. The van der Waals surface area contributed by atoms with Crippen molar-refractivity contribution in [1.29, 1.82) is 5.26 Å². The molecule has 114 valence electrons. The third-order valence-corrected chi connectivity index (χ3v) is 3.85. The lowest BCUT2D eigenvalue weighted by molar-refractivity contribution is 0.269. The summed E-state index contributed by atoms with van der Waals surface area (Å²) in [6.07, 6.45) is 0. The van der Waals surface area contributed by atoms with E-state index in [0.717, 1.165) is 0 Å². The van der Waals surface area contributed by atoms with E-state index in [-0.39, 0.29) is 6.61 Å². The Hall–Kier alpha value is -1.60. The third kappa shape index (κ3) is 3.78. The summed E-state index contributed by atoms with van der Waals surface area (Å²) in [6.45, 7) is 2.40. The molecule has 0 atom stereocenters. The van der Waals surface area contributed by atoms with Crippen LogP contribution in [0.15, 0.2) is 30.3 Å². The molecule has 22 heavy (non-hydrogen) atoms. The molecule has 2 rings (SSSR count). The summed E-state index contributed by atoms with van der Waals surface area (Å²) < 4.78 is 11.2. The molecule has 6 heteroatoms. The van der Waals surface area contributed by atoms with Crippen LogP contribution in [-0.4, -0.2) is 6.61 Å². The molecule has 0 bridgehead atoms. The number of halogens is 3. The predicted octanol–water partition coefficient (Wildman–Crippen LogP) is 5.50. The van der Waals surface area contributed by atoms with Crippen LogP contribution in [-0.2, 0) is 6.61 Å². The molecule has 0 saturated heterocycles. The first-order valence-electron chi connectivity index (χ1n) is 6.49. The Kier molecular flexibility index (Phi) is 5.79. The fourth-order valence-electron chi connectivity index (χ4n) is 1.85. The molecule has 0 aliphatic carbocycles. The minimum Gasteiger partial charge on any atom is -0.490 e. The largest absolute Gasteiger partial charge is 0.490 e. The highest BCUT2D eigenvalue weighted by Crippen LogP contribution is 2.38. The van der Waals surface area contributed by atoms with Crippen LogP contribution in [0.5, 0.6) is 11.5 Å². The molecule has 0 spiro atoms. The number of ether oxygens (including phenoxy) is 2. The Morgan fingerprint density at radius 2 is 1.73 bits per heavy atom. The van der Waals surface area contributed by atoms with E-state index in [4.69, 9.17) is 49.5 Å². The Labute approximate surface area is 143 Å². The molecule has 0 radical (unpaired) electrons. The van der Waals surface area contributed by atoms with Gasteiger partial charge in [0.1, 0.15) is 6.61 Å². The van der Waals surface area contributed by atoms with Crippen molar-refractivity contribution < 1.29 is 9.47 Å². The highest BCUT2D eigenvalue weighted by atomic mass is 35.5. The van der Waals surface area contributed by atoms with E-state index in [9.17, 15) is 0 Å². The van der Waals surface area contributed by atoms with Gasteiger partial charge >= 0.3 is 0 Å². The van der Waals surface area contributed by atoms with Crippen LogP contribution in [0.25, 0.3) is 0 Å². The molecule has 0 saturated carbocycles. The van der Waals surface area contributed by atoms with Gasteiger partial charge in [0.15, 0.2) is 11.5 Å². The van der Waals surface area contributed by atoms with Crippen LogP contribution < -0.4 is 9.47 Å². The van der Waals surface area contributed by atoms with Crippen molar-refractivity contribution in [2.45, 2.75) is 13.5 Å². The van der Waals surface area contributed by atoms with E-state index in [1.807, 2.05) is 13.0 Å². The molecule has 3 nitrogen and oxygen atoms in total. The topological polar surface area (TPSA) is 42.2 Å². The second kappa shape index (κ2) is 7.60. The standard InChI is InChI=1S/C16H12Cl3NO2/c1-2-21-15-7-10(8-20)6-14(19)16(15)22-9-11-12(17)4-3-5-13(11)18/h3-7H,2,9H2,1H3. The van der Waals surface area contributed by atoms with Crippen LogP contribution in [0, 0.1) is 11.3 Å². The first-order valence-corrected chi connectivity index (χ1v) is 7.62. The van der Waals surface area contributed by atoms with Gasteiger partial charge in [0.05, 0.1) is 23.3 Å². The van der Waals surface area contributed by atoms with Gasteiger partial charge in [-0.3, -0.25) is 0 Å². The molecular formula is C16H12Cl3NO2. The maximum atomic E-state index is 8.99. The van der Waals surface area contributed by atoms with E-state index in [1.54, 1.807) is 24.3 Å². The third-order valence-electron chi connectivity index (χ3n) is 2.86. The summed E-state index contributed by atoms with van der Waals surface area (Å²) in [4.78, 5) is 0. The second-order valence-corrected chi connectivity index (χ2v) is 5.54. The molecule has 0 amide bonds. The van der Waals surface area contributed by atoms with Gasteiger partial charge in [-0.2, -0.15) is 5.26 Å². The summed E-state index contributed by atoms with van der Waals surface area (Å²) in [5.41, 5.74) is 1.06. The lowest BCUT2D eigenvalue weighted by atomic mass is 10.2. The Bertz CT molecular complexity index is 706. The van der Waals surface area contributed by atoms with Crippen LogP contribution >= 0.6 is 34.8 Å². The number of hydrogen-bond acceptors (Lipinski definition) is 3. The maximum absolute atomic E-state index is 8.99. The van der Waals surface area contributed by atoms with Crippen molar-refractivity contribution in [3.8, 4) is 17.6 Å². The number of rotatable bonds is 5. The quantitative estimate of drug-likeness (QED) is 0.710. The number of benzene rings is 2. The molecule has 0 N–H and O–H groups in total. The second-order valence-electron chi connectivity index (χ2n) is 4.32. The van der Waals surface area contributed by atoms with E-state index in [2.05, 4.69) is 0 Å². The zero-order chi connectivity index (χ0) is 16.1. The van der Waals surface area contributed by atoms with Gasteiger partial charge in [-0.05, 0) is 25.1 Å². The monoisotopic (exact) mass is 355 g/mol. The summed E-state index contributed by atoms with van der Waals surface area (Å²) >= 11 is 18.4. The van der Waals surface area contributed by atoms with Gasteiger partial charge < -0.3 is 9.47 Å². The fourth-order valence-corrected chi connectivity index (χ4v) is 2.62. The normalized spacial score (nSPS) is 10.1. The van der Waals surface area contributed by atoms with Gasteiger partial charge in [0.2, 0.25) is 0 Å². The molecule has 2 aromatic rings. The summed E-state index contributed by atoms with van der Waals surface area (Å²) in [5.74, 6) is 0.772. The molecule has 0 heterocycles. The number of nitriles is 1. The zero-order valence-electron chi connectivity index (χ0n) is 11.7. The van der Waals surface area contributed by atoms with Gasteiger partial charge in [0, 0.05) is 21.7 Å². The van der Waals surface area contributed by atoms with Gasteiger partial charge in [-0.1, -0.05) is 40.9 Å². The molecule has 0 aromatic heterocycles. The maximum Gasteiger partial charge on any atom is 0.180 e. The summed E-state index contributed by atoms with van der Waals surface area (Å²) in [7, 11) is 0. The van der Waals surface area contributed by atoms with Crippen molar-refractivity contribution in [3.63, 3.8) is 0 Å². The van der Waals surface area contributed by atoms with Crippen LogP contribution in [0.4, 0.5) is 0 Å². The Balaban J connectivity index is 2.31. The van der Waals surface area contributed by atoms with Crippen LogP contribution in [0.2, 0.25) is 15.1 Å². The van der Waals surface area contributed by atoms with Gasteiger partial charge in [-0.25, -0.2) is 0 Å². The minimum atomic E-state index is 0.143. The molecule has 0 aliphatic rings. The number of hydrogen-bond donors (Lipinski definition) is 0. The average Bonchev–Trinajstić information content (AvgIpc) is 2.48. The molecular weight excluding hydrogens is 345 g/mol. The molecule has 0 aliphatic heterocycles. The lowest BCUT2D eigenvalue weighted by Gasteiger charge is -2.15. The van der Waals surface area contributed by atoms with E-state index in [1.165, 1.54) is 6.07 Å². The first kappa shape index (κ1) is 16.8. The summed E-state index contributed by atoms with van der Waals surface area (Å²) in [6, 6.07) is 10.3. The molecule has 0 fully saturated rings. The molecule has 2 aromatic carbocycles. The van der Waals surface area contributed by atoms with Crippen molar-refractivity contribution >= 4 is 34.8 Å². The van der Waals surface area contributed by atoms with Crippen molar-refractivity contribution in [2.24, 2.45) is 0 Å². The predicted molar refractivity (Wildman–Crippen MR) is 88.1 cm³/mol. The Morgan fingerprint density at radius 3 is 2.32 bits per heavy atom. The van der Waals surface area contributed by atoms with Gasteiger partial charge in [-0.15, -0.1) is 0 Å². The van der Waals surface area contributed by atoms with E-state index >= 15 is 0 Å². The van der Waals surface area contributed by atoms with Crippen molar-refractivity contribution in [3.05, 3.63) is 56.5 Å². The number of nitrogens with zero attached hydrogens (tertiary/aromatic N) is 1. The SMILES string of the molecule is CCOc1cc(C#N)cc(Cl)c1OCc1c(Cl)cccc1Cl. The first-order chi connectivity index (χ1) is 10.6. The summed E-state index contributed by atoms with van der Waals surface area (Å²) in [5, 5.41) is 10.3.